The van der Waals surface area contributed by atoms with Crippen molar-refractivity contribution in [3.05, 3.63) is 53.6 Å². The number of hydrogen-bond donors (Lipinski definition) is 2. The largest absolute Gasteiger partial charge is 0.504 e. The van der Waals surface area contributed by atoms with Gasteiger partial charge in [-0.25, -0.2) is 5.43 Å². The van der Waals surface area contributed by atoms with Crippen LogP contribution >= 0.6 is 0 Å². The standard InChI is InChI=1S/C17H18N2O4/c1-12-4-3-5-14(8-12)23-11-17(21)19-18-10-13-6-7-16(22-2)15(20)9-13/h3-10,20H,11H2,1-2H3,(H,19,21)/b18-10+. The first-order valence-corrected chi connectivity index (χ1v) is 6.97. The van der Waals surface area contributed by atoms with Gasteiger partial charge in [-0.1, -0.05) is 12.1 Å². The van der Waals surface area contributed by atoms with Crippen LogP contribution in [0, 0.1) is 6.92 Å². The van der Waals surface area contributed by atoms with Crippen LogP contribution in [0.5, 0.6) is 17.2 Å². The summed E-state index contributed by atoms with van der Waals surface area (Å²) in [5.74, 6) is 0.632. The lowest BCUT2D eigenvalue weighted by atomic mass is 10.2. The number of phenolic OH excluding ortho intramolecular Hbond substituents is 1. The molecule has 0 spiro atoms. The van der Waals surface area contributed by atoms with Crippen molar-refractivity contribution in [3.63, 3.8) is 0 Å². The molecule has 1 amide bonds. The number of hydrazone groups is 1. The smallest absolute Gasteiger partial charge is 0.277 e. The van der Waals surface area contributed by atoms with E-state index in [4.69, 9.17) is 9.47 Å². The molecule has 0 aliphatic rings. The first kappa shape index (κ1) is 16.4. The van der Waals surface area contributed by atoms with Gasteiger partial charge in [-0.05, 0) is 48.4 Å². The Kier molecular flexibility index (Phi) is 5.57. The van der Waals surface area contributed by atoms with Crippen molar-refractivity contribution in [2.24, 2.45) is 5.10 Å². The Morgan fingerprint density at radius 2 is 2.13 bits per heavy atom. The highest BCUT2D eigenvalue weighted by Crippen LogP contribution is 2.25. The van der Waals surface area contributed by atoms with Crippen LogP contribution in [0.1, 0.15) is 11.1 Å². The number of carbonyl (C=O) groups is 1. The quantitative estimate of drug-likeness (QED) is 0.633. The fourth-order valence-electron chi connectivity index (χ4n) is 1.85. The molecule has 120 valence electrons. The van der Waals surface area contributed by atoms with E-state index < -0.39 is 0 Å². The number of aromatic hydroxyl groups is 1. The van der Waals surface area contributed by atoms with Gasteiger partial charge in [-0.15, -0.1) is 0 Å². The lowest BCUT2D eigenvalue weighted by Gasteiger charge is -2.05. The molecular weight excluding hydrogens is 296 g/mol. The minimum atomic E-state index is -0.375. The number of rotatable bonds is 6. The highest BCUT2D eigenvalue weighted by atomic mass is 16.5. The molecule has 2 N–H and O–H groups in total. The van der Waals surface area contributed by atoms with E-state index in [9.17, 15) is 9.90 Å². The van der Waals surface area contributed by atoms with Crippen molar-refractivity contribution >= 4 is 12.1 Å². The zero-order valence-electron chi connectivity index (χ0n) is 12.9. The van der Waals surface area contributed by atoms with Gasteiger partial charge in [0, 0.05) is 0 Å². The van der Waals surface area contributed by atoms with Gasteiger partial charge in [0.25, 0.3) is 5.91 Å². The van der Waals surface area contributed by atoms with Crippen LogP contribution in [0.4, 0.5) is 0 Å². The molecule has 2 aromatic rings. The molecular formula is C17H18N2O4. The van der Waals surface area contributed by atoms with E-state index in [1.165, 1.54) is 19.4 Å². The Bertz CT molecular complexity index is 713. The Labute approximate surface area is 134 Å². The van der Waals surface area contributed by atoms with Crippen LogP contribution < -0.4 is 14.9 Å². The summed E-state index contributed by atoms with van der Waals surface area (Å²) in [5.41, 5.74) is 4.04. The molecule has 0 radical (unpaired) electrons. The van der Waals surface area contributed by atoms with Crippen LogP contribution in [-0.2, 0) is 4.79 Å². The molecule has 0 aliphatic carbocycles. The molecule has 0 unspecified atom stereocenters. The number of phenols is 1. The summed E-state index contributed by atoms with van der Waals surface area (Å²) in [6.45, 7) is 1.82. The maximum Gasteiger partial charge on any atom is 0.277 e. The molecule has 0 heterocycles. The van der Waals surface area contributed by atoms with Gasteiger partial charge in [0.1, 0.15) is 5.75 Å². The van der Waals surface area contributed by atoms with Crippen LogP contribution in [0.3, 0.4) is 0 Å². The van der Waals surface area contributed by atoms with Gasteiger partial charge in [-0.3, -0.25) is 4.79 Å². The Morgan fingerprint density at radius 1 is 1.30 bits per heavy atom. The van der Waals surface area contributed by atoms with Crippen molar-refractivity contribution in [1.29, 1.82) is 0 Å². The Balaban J connectivity index is 1.83. The van der Waals surface area contributed by atoms with Crippen LogP contribution in [0.2, 0.25) is 0 Å². The zero-order chi connectivity index (χ0) is 16.7. The first-order chi connectivity index (χ1) is 11.1. The topological polar surface area (TPSA) is 80.2 Å². The summed E-state index contributed by atoms with van der Waals surface area (Å²) in [6, 6.07) is 12.2. The molecule has 6 nitrogen and oxygen atoms in total. The zero-order valence-corrected chi connectivity index (χ0v) is 12.9. The second-order valence-electron chi connectivity index (χ2n) is 4.83. The van der Waals surface area contributed by atoms with Gasteiger partial charge in [0.2, 0.25) is 0 Å². The van der Waals surface area contributed by atoms with Crippen molar-refractivity contribution in [1.82, 2.24) is 5.43 Å². The van der Waals surface area contributed by atoms with E-state index in [0.29, 0.717) is 17.1 Å². The maximum atomic E-state index is 11.6. The number of hydrogen-bond acceptors (Lipinski definition) is 5. The SMILES string of the molecule is COc1ccc(/C=N/NC(=O)COc2cccc(C)c2)cc1O. The number of aryl methyl sites for hydroxylation is 1. The molecule has 0 fully saturated rings. The Morgan fingerprint density at radius 3 is 2.83 bits per heavy atom. The second kappa shape index (κ2) is 7.84. The molecule has 0 atom stereocenters. The number of nitrogens with zero attached hydrogens (tertiary/aromatic N) is 1. The number of benzene rings is 2. The number of methoxy groups -OCH3 is 1. The van der Waals surface area contributed by atoms with E-state index in [1.807, 2.05) is 25.1 Å². The van der Waals surface area contributed by atoms with Gasteiger partial charge < -0.3 is 14.6 Å². The van der Waals surface area contributed by atoms with Crippen LogP contribution in [0.15, 0.2) is 47.6 Å². The Hall–Kier alpha value is -3.02. The number of nitrogens with one attached hydrogen (secondary N) is 1. The van der Waals surface area contributed by atoms with Gasteiger partial charge >= 0.3 is 0 Å². The number of amides is 1. The third-order valence-corrected chi connectivity index (χ3v) is 2.97. The first-order valence-electron chi connectivity index (χ1n) is 6.97. The molecule has 0 saturated heterocycles. The predicted molar refractivity (Wildman–Crippen MR) is 87.1 cm³/mol. The van der Waals surface area contributed by atoms with Crippen molar-refractivity contribution in [3.8, 4) is 17.2 Å². The number of ether oxygens (including phenoxy) is 2. The molecule has 0 aromatic heterocycles. The molecule has 6 heteroatoms. The number of carbonyl (C=O) groups excluding carboxylic acids is 1. The van der Waals surface area contributed by atoms with Gasteiger partial charge in [0.15, 0.2) is 18.1 Å². The highest BCUT2D eigenvalue weighted by molar-refractivity contribution is 5.83. The van der Waals surface area contributed by atoms with Gasteiger partial charge in [-0.2, -0.15) is 5.10 Å². The van der Waals surface area contributed by atoms with E-state index in [-0.39, 0.29) is 18.3 Å². The average Bonchev–Trinajstić information content (AvgIpc) is 2.53. The molecule has 2 aromatic carbocycles. The summed E-state index contributed by atoms with van der Waals surface area (Å²) in [4.78, 5) is 11.6. The molecule has 0 aliphatic heterocycles. The summed E-state index contributed by atoms with van der Waals surface area (Å²) in [5, 5.41) is 13.5. The minimum Gasteiger partial charge on any atom is -0.504 e. The average molecular weight is 314 g/mol. The normalized spacial score (nSPS) is 10.5. The van der Waals surface area contributed by atoms with Gasteiger partial charge in [0.05, 0.1) is 13.3 Å². The lowest BCUT2D eigenvalue weighted by molar-refractivity contribution is -0.123. The van der Waals surface area contributed by atoms with E-state index >= 15 is 0 Å². The van der Waals surface area contributed by atoms with Crippen LogP contribution in [-0.4, -0.2) is 30.9 Å². The molecule has 2 rings (SSSR count). The minimum absolute atomic E-state index is 0.00515. The highest BCUT2D eigenvalue weighted by Gasteiger charge is 2.03. The molecule has 0 saturated carbocycles. The van der Waals surface area contributed by atoms with E-state index in [0.717, 1.165) is 5.56 Å². The predicted octanol–water partition coefficient (Wildman–Crippen LogP) is 2.24. The fourth-order valence-corrected chi connectivity index (χ4v) is 1.85. The van der Waals surface area contributed by atoms with E-state index in [1.54, 1.807) is 18.2 Å². The second-order valence-corrected chi connectivity index (χ2v) is 4.83. The van der Waals surface area contributed by atoms with Crippen LogP contribution in [0.25, 0.3) is 0 Å². The third kappa shape index (κ3) is 5.03. The van der Waals surface area contributed by atoms with E-state index in [2.05, 4.69) is 10.5 Å². The van der Waals surface area contributed by atoms with Crippen molar-refractivity contribution in [2.45, 2.75) is 6.92 Å². The lowest BCUT2D eigenvalue weighted by Crippen LogP contribution is -2.24. The third-order valence-electron chi connectivity index (χ3n) is 2.97. The summed E-state index contributed by atoms with van der Waals surface area (Å²) < 4.78 is 10.3. The summed E-state index contributed by atoms with van der Waals surface area (Å²) >= 11 is 0. The monoisotopic (exact) mass is 314 g/mol. The maximum absolute atomic E-state index is 11.6. The fraction of sp³-hybridized carbons (Fsp3) is 0.176. The molecule has 23 heavy (non-hydrogen) atoms. The van der Waals surface area contributed by atoms with Crippen molar-refractivity contribution in [2.75, 3.05) is 13.7 Å². The van der Waals surface area contributed by atoms with Crippen molar-refractivity contribution < 1.29 is 19.4 Å². The molecule has 0 bridgehead atoms. The summed E-state index contributed by atoms with van der Waals surface area (Å²) in [6.07, 6.45) is 1.42. The summed E-state index contributed by atoms with van der Waals surface area (Å²) in [7, 11) is 1.47.